The number of hydrogen-bond acceptors (Lipinski definition) is 1. The van der Waals surface area contributed by atoms with E-state index in [0.717, 1.165) is 6.42 Å². The van der Waals surface area contributed by atoms with E-state index in [4.69, 9.17) is 4.74 Å². The zero-order valence-electron chi connectivity index (χ0n) is 5.97. The fraction of sp³-hybridized carbons (Fsp3) is 0.500. The molecule has 1 unspecified atom stereocenters. The van der Waals surface area contributed by atoms with Crippen LogP contribution in [-0.4, -0.2) is 6.61 Å². The number of ether oxygens (including phenoxy) is 1. The highest BCUT2D eigenvalue weighted by Crippen LogP contribution is 2.02. The topological polar surface area (TPSA) is 9.23 Å². The lowest BCUT2D eigenvalue weighted by molar-refractivity contribution is 0.214. The highest BCUT2D eigenvalue weighted by molar-refractivity contribution is 4.77. The molecule has 0 aromatic heterocycles. The van der Waals surface area contributed by atoms with Crippen molar-refractivity contribution < 1.29 is 4.74 Å². The van der Waals surface area contributed by atoms with Crippen molar-refractivity contribution in [2.45, 2.75) is 13.3 Å². The van der Waals surface area contributed by atoms with E-state index in [1.165, 1.54) is 6.26 Å². The average molecular weight is 126 g/mol. The van der Waals surface area contributed by atoms with Crippen molar-refractivity contribution >= 4 is 0 Å². The number of rotatable bonds is 5. The Morgan fingerprint density at radius 1 is 1.56 bits per heavy atom. The van der Waals surface area contributed by atoms with Gasteiger partial charge in [0.25, 0.3) is 0 Å². The third kappa shape index (κ3) is 3.83. The van der Waals surface area contributed by atoms with Gasteiger partial charge in [-0.25, -0.2) is 0 Å². The molecule has 0 aliphatic heterocycles. The van der Waals surface area contributed by atoms with Crippen molar-refractivity contribution in [2.24, 2.45) is 5.92 Å². The lowest BCUT2D eigenvalue weighted by Crippen LogP contribution is -2.01. The molecule has 0 spiro atoms. The van der Waals surface area contributed by atoms with Gasteiger partial charge >= 0.3 is 0 Å². The molecule has 0 aromatic carbocycles. The zero-order chi connectivity index (χ0) is 7.11. The molecule has 0 rings (SSSR count). The lowest BCUT2D eigenvalue weighted by atomic mass is 10.1. The van der Waals surface area contributed by atoms with Crippen LogP contribution in [0.1, 0.15) is 13.3 Å². The summed E-state index contributed by atoms with van der Waals surface area (Å²) in [5, 5.41) is 0. The second-order valence-corrected chi connectivity index (χ2v) is 1.90. The van der Waals surface area contributed by atoms with Crippen LogP contribution in [0.4, 0.5) is 0 Å². The Morgan fingerprint density at radius 2 is 2.22 bits per heavy atom. The van der Waals surface area contributed by atoms with Crippen molar-refractivity contribution in [2.75, 3.05) is 6.61 Å². The normalized spacial score (nSPS) is 12.1. The molecule has 0 amide bonds. The van der Waals surface area contributed by atoms with Gasteiger partial charge in [0.05, 0.1) is 12.9 Å². The third-order valence-electron chi connectivity index (χ3n) is 1.29. The first-order chi connectivity index (χ1) is 4.35. The highest BCUT2D eigenvalue weighted by atomic mass is 16.5. The molecule has 9 heavy (non-hydrogen) atoms. The van der Waals surface area contributed by atoms with Crippen molar-refractivity contribution in [3.8, 4) is 0 Å². The predicted molar refractivity (Wildman–Crippen MR) is 40.1 cm³/mol. The van der Waals surface area contributed by atoms with E-state index in [1.807, 2.05) is 6.08 Å². The van der Waals surface area contributed by atoms with Crippen LogP contribution in [0.25, 0.3) is 0 Å². The van der Waals surface area contributed by atoms with Crippen LogP contribution >= 0.6 is 0 Å². The lowest BCUT2D eigenvalue weighted by Gasteiger charge is -2.06. The van der Waals surface area contributed by atoms with Gasteiger partial charge in [-0.2, -0.15) is 0 Å². The minimum Gasteiger partial charge on any atom is -0.501 e. The molecule has 0 aliphatic carbocycles. The van der Waals surface area contributed by atoms with Gasteiger partial charge in [-0.15, -0.1) is 6.58 Å². The molecule has 0 fully saturated rings. The van der Waals surface area contributed by atoms with E-state index < -0.39 is 0 Å². The smallest absolute Gasteiger partial charge is 0.0935 e. The second kappa shape index (κ2) is 5.42. The molecule has 0 heterocycles. The largest absolute Gasteiger partial charge is 0.501 e. The summed E-state index contributed by atoms with van der Waals surface area (Å²) in [5.74, 6) is 0.475. The minimum absolute atomic E-state index is 0.475. The maximum Gasteiger partial charge on any atom is 0.0935 e. The summed E-state index contributed by atoms with van der Waals surface area (Å²) in [6.07, 6.45) is 4.45. The Kier molecular flexibility index (Phi) is 4.98. The molecule has 0 saturated carbocycles. The molecule has 0 radical (unpaired) electrons. The molecular weight excluding hydrogens is 112 g/mol. The summed E-state index contributed by atoms with van der Waals surface area (Å²) in [5.41, 5.74) is 0. The van der Waals surface area contributed by atoms with Gasteiger partial charge in [-0.3, -0.25) is 0 Å². The van der Waals surface area contributed by atoms with Crippen LogP contribution in [0.2, 0.25) is 0 Å². The van der Waals surface area contributed by atoms with Crippen LogP contribution in [0.15, 0.2) is 25.5 Å². The SMILES string of the molecule is C=COCC(C=C)CC. The maximum atomic E-state index is 4.97. The van der Waals surface area contributed by atoms with E-state index in [2.05, 4.69) is 20.1 Å². The van der Waals surface area contributed by atoms with Crippen LogP contribution < -0.4 is 0 Å². The molecule has 0 aromatic rings. The Hall–Kier alpha value is -0.720. The zero-order valence-corrected chi connectivity index (χ0v) is 5.97. The van der Waals surface area contributed by atoms with Gasteiger partial charge < -0.3 is 4.74 Å². The Balaban J connectivity index is 3.30. The van der Waals surface area contributed by atoms with Crippen LogP contribution in [-0.2, 0) is 4.74 Å². The summed E-state index contributed by atoms with van der Waals surface area (Å²) < 4.78 is 4.97. The Morgan fingerprint density at radius 3 is 2.56 bits per heavy atom. The van der Waals surface area contributed by atoms with Gasteiger partial charge in [0.15, 0.2) is 0 Å². The molecule has 0 N–H and O–H groups in total. The predicted octanol–water partition coefficient (Wildman–Crippen LogP) is 2.36. The molecule has 0 bridgehead atoms. The summed E-state index contributed by atoms with van der Waals surface area (Å²) in [6, 6.07) is 0. The molecule has 1 atom stereocenters. The summed E-state index contributed by atoms with van der Waals surface area (Å²) in [4.78, 5) is 0. The molecule has 0 aliphatic rings. The molecule has 1 heteroatoms. The van der Waals surface area contributed by atoms with Gasteiger partial charge in [-0.1, -0.05) is 19.6 Å². The first kappa shape index (κ1) is 8.28. The van der Waals surface area contributed by atoms with E-state index in [9.17, 15) is 0 Å². The summed E-state index contributed by atoms with van der Waals surface area (Å²) in [6.45, 7) is 9.94. The molecule has 1 nitrogen and oxygen atoms in total. The van der Waals surface area contributed by atoms with Crippen molar-refractivity contribution in [1.29, 1.82) is 0 Å². The van der Waals surface area contributed by atoms with E-state index in [1.54, 1.807) is 0 Å². The van der Waals surface area contributed by atoms with E-state index in [-0.39, 0.29) is 0 Å². The van der Waals surface area contributed by atoms with Crippen molar-refractivity contribution in [3.05, 3.63) is 25.5 Å². The van der Waals surface area contributed by atoms with Crippen molar-refractivity contribution in [1.82, 2.24) is 0 Å². The Bertz CT molecular complexity index is 86.6. The Labute approximate surface area is 57.0 Å². The van der Waals surface area contributed by atoms with Gasteiger partial charge in [0, 0.05) is 5.92 Å². The average Bonchev–Trinajstić information content (AvgIpc) is 1.91. The van der Waals surface area contributed by atoms with Crippen molar-refractivity contribution in [3.63, 3.8) is 0 Å². The maximum absolute atomic E-state index is 4.97. The fourth-order valence-corrected chi connectivity index (χ4v) is 0.544. The minimum atomic E-state index is 0.475. The van der Waals surface area contributed by atoms with E-state index >= 15 is 0 Å². The third-order valence-corrected chi connectivity index (χ3v) is 1.29. The van der Waals surface area contributed by atoms with E-state index in [0.29, 0.717) is 12.5 Å². The van der Waals surface area contributed by atoms with Gasteiger partial charge in [0.2, 0.25) is 0 Å². The molecule has 52 valence electrons. The van der Waals surface area contributed by atoms with Gasteiger partial charge in [-0.05, 0) is 6.42 Å². The van der Waals surface area contributed by atoms with Crippen LogP contribution in [0.3, 0.4) is 0 Å². The van der Waals surface area contributed by atoms with Gasteiger partial charge in [0.1, 0.15) is 0 Å². The monoisotopic (exact) mass is 126 g/mol. The van der Waals surface area contributed by atoms with Crippen LogP contribution in [0, 0.1) is 5.92 Å². The molecular formula is C8H14O. The number of hydrogen-bond donors (Lipinski definition) is 0. The summed E-state index contributed by atoms with van der Waals surface area (Å²) >= 11 is 0. The van der Waals surface area contributed by atoms with Crippen LogP contribution in [0.5, 0.6) is 0 Å². The standard InChI is InChI=1S/C8H14O/c1-4-8(5-2)7-9-6-3/h4,6,8H,1,3,5,7H2,2H3. The summed E-state index contributed by atoms with van der Waals surface area (Å²) in [7, 11) is 0. The first-order valence-corrected chi connectivity index (χ1v) is 3.20. The molecule has 0 saturated heterocycles. The quantitative estimate of drug-likeness (QED) is 0.406. The first-order valence-electron chi connectivity index (χ1n) is 3.20. The second-order valence-electron chi connectivity index (χ2n) is 1.90. The fourth-order valence-electron chi connectivity index (χ4n) is 0.544. The highest BCUT2D eigenvalue weighted by Gasteiger charge is 1.97.